The van der Waals surface area contributed by atoms with Gasteiger partial charge in [-0.2, -0.15) is 0 Å². The molecular formula is C54H33NOS2. The molecule has 2 nitrogen and oxygen atoms in total. The summed E-state index contributed by atoms with van der Waals surface area (Å²) in [7, 11) is 0. The summed E-state index contributed by atoms with van der Waals surface area (Å²) in [5.74, 6) is 0. The molecule has 0 aliphatic carbocycles. The summed E-state index contributed by atoms with van der Waals surface area (Å²) in [5, 5.41) is 7.45. The summed E-state index contributed by atoms with van der Waals surface area (Å²) in [5.41, 5.74) is 12.3. The monoisotopic (exact) mass is 775 g/mol. The minimum absolute atomic E-state index is 0.897. The van der Waals surface area contributed by atoms with Gasteiger partial charge in [0.15, 0.2) is 0 Å². The molecule has 0 amide bonds. The molecular weight excluding hydrogens is 743 g/mol. The van der Waals surface area contributed by atoms with Crippen molar-refractivity contribution in [3.63, 3.8) is 0 Å². The van der Waals surface area contributed by atoms with Crippen molar-refractivity contribution in [2.24, 2.45) is 0 Å². The lowest BCUT2D eigenvalue weighted by molar-refractivity contribution is 0.670. The van der Waals surface area contributed by atoms with Gasteiger partial charge in [-0.15, -0.1) is 22.7 Å². The number of benzene rings is 9. The number of nitrogens with zero attached hydrogens (tertiary/aromatic N) is 1. The third-order valence-electron chi connectivity index (χ3n) is 11.5. The van der Waals surface area contributed by atoms with Crippen molar-refractivity contribution in [2.75, 3.05) is 4.90 Å². The molecule has 0 saturated heterocycles. The van der Waals surface area contributed by atoms with Crippen molar-refractivity contribution in [1.29, 1.82) is 0 Å². The van der Waals surface area contributed by atoms with Crippen LogP contribution in [0.4, 0.5) is 17.1 Å². The highest BCUT2D eigenvalue weighted by atomic mass is 32.1. The zero-order chi connectivity index (χ0) is 38.2. The van der Waals surface area contributed by atoms with Crippen molar-refractivity contribution in [3.8, 4) is 33.4 Å². The van der Waals surface area contributed by atoms with Crippen LogP contribution in [-0.2, 0) is 0 Å². The molecule has 9 aromatic carbocycles. The standard InChI is InChI=1S/C54H33NOS2/c1-3-11-35(12-4-1)41-16-9-18-46-48-31-37(23-30-49(48)56-53(41)46)34-21-24-38(25-22-34)55(39-26-28-44-43-15-7-8-20-50(43)57-51(44)32-39)40-27-29-45-47-19-10-17-42(36-13-5-2-6-14-36)54(47)58-52(45)33-40/h1-33H. The molecule has 0 unspecified atom stereocenters. The van der Waals surface area contributed by atoms with Crippen molar-refractivity contribution >= 4 is 102 Å². The normalized spacial score (nSPS) is 11.8. The van der Waals surface area contributed by atoms with Crippen LogP contribution in [0, 0.1) is 0 Å². The Hall–Kier alpha value is -6.98. The van der Waals surface area contributed by atoms with Crippen LogP contribution in [0.2, 0.25) is 0 Å². The second-order valence-electron chi connectivity index (χ2n) is 14.9. The van der Waals surface area contributed by atoms with Crippen LogP contribution in [0.3, 0.4) is 0 Å². The second-order valence-corrected chi connectivity index (χ2v) is 17.0. The minimum atomic E-state index is 0.897. The van der Waals surface area contributed by atoms with E-state index in [9.17, 15) is 0 Å². The van der Waals surface area contributed by atoms with Crippen molar-refractivity contribution in [3.05, 3.63) is 200 Å². The highest BCUT2D eigenvalue weighted by Crippen LogP contribution is 2.45. The van der Waals surface area contributed by atoms with E-state index in [0.29, 0.717) is 0 Å². The van der Waals surface area contributed by atoms with Crippen LogP contribution >= 0.6 is 22.7 Å². The largest absolute Gasteiger partial charge is 0.455 e. The fourth-order valence-electron chi connectivity index (χ4n) is 8.70. The molecule has 58 heavy (non-hydrogen) atoms. The fourth-order valence-corrected chi connectivity index (χ4v) is 11.1. The maximum atomic E-state index is 6.50. The summed E-state index contributed by atoms with van der Waals surface area (Å²) in [6.45, 7) is 0. The first kappa shape index (κ1) is 33.2. The molecule has 3 aromatic heterocycles. The van der Waals surface area contributed by atoms with Crippen LogP contribution in [0.15, 0.2) is 205 Å². The number of para-hydroxylation sites is 1. The fraction of sp³-hybridized carbons (Fsp3) is 0. The smallest absolute Gasteiger partial charge is 0.143 e. The lowest BCUT2D eigenvalue weighted by atomic mass is 10.00. The van der Waals surface area contributed by atoms with Crippen molar-refractivity contribution in [2.45, 2.75) is 0 Å². The van der Waals surface area contributed by atoms with Gasteiger partial charge in [0, 0.05) is 73.7 Å². The van der Waals surface area contributed by atoms with E-state index in [1.807, 2.05) is 22.7 Å². The van der Waals surface area contributed by atoms with Gasteiger partial charge >= 0.3 is 0 Å². The molecule has 0 spiro atoms. The van der Waals surface area contributed by atoms with Crippen molar-refractivity contribution < 1.29 is 4.42 Å². The number of fused-ring (bicyclic) bond motifs is 9. The predicted octanol–water partition coefficient (Wildman–Crippen LogP) is 16.8. The molecule has 4 heteroatoms. The number of hydrogen-bond acceptors (Lipinski definition) is 4. The highest BCUT2D eigenvalue weighted by Gasteiger charge is 2.19. The number of anilines is 3. The minimum Gasteiger partial charge on any atom is -0.455 e. The van der Waals surface area contributed by atoms with Gasteiger partial charge in [-0.25, -0.2) is 0 Å². The number of hydrogen-bond donors (Lipinski definition) is 0. The predicted molar refractivity (Wildman–Crippen MR) is 250 cm³/mol. The molecule has 0 N–H and O–H groups in total. The molecule has 0 radical (unpaired) electrons. The number of furan rings is 1. The van der Waals surface area contributed by atoms with E-state index in [4.69, 9.17) is 4.42 Å². The summed E-state index contributed by atoms with van der Waals surface area (Å²) < 4.78 is 11.7. The van der Waals surface area contributed by atoms with Gasteiger partial charge < -0.3 is 9.32 Å². The Bertz CT molecular complexity index is 3500. The Kier molecular flexibility index (Phi) is 7.62. The Balaban J connectivity index is 0.978. The van der Waals surface area contributed by atoms with Crippen LogP contribution in [0.25, 0.3) is 95.7 Å². The zero-order valence-electron chi connectivity index (χ0n) is 31.2. The average molecular weight is 776 g/mol. The summed E-state index contributed by atoms with van der Waals surface area (Å²) >= 11 is 3.74. The van der Waals surface area contributed by atoms with Gasteiger partial charge in [0.1, 0.15) is 11.2 Å². The van der Waals surface area contributed by atoms with Gasteiger partial charge in [0.05, 0.1) is 0 Å². The molecule has 0 bridgehead atoms. The average Bonchev–Trinajstić information content (AvgIpc) is 3.98. The van der Waals surface area contributed by atoms with E-state index < -0.39 is 0 Å². The molecule has 0 aliphatic heterocycles. The van der Waals surface area contributed by atoms with Gasteiger partial charge in [0.2, 0.25) is 0 Å². The van der Waals surface area contributed by atoms with Gasteiger partial charge in [0.25, 0.3) is 0 Å². The topological polar surface area (TPSA) is 16.4 Å². The zero-order valence-corrected chi connectivity index (χ0v) is 32.9. The van der Waals surface area contributed by atoms with E-state index in [2.05, 4.69) is 205 Å². The Morgan fingerprint density at radius 1 is 0.328 bits per heavy atom. The molecule has 0 atom stereocenters. The molecule has 12 rings (SSSR count). The molecule has 0 aliphatic rings. The molecule has 3 heterocycles. The van der Waals surface area contributed by atoms with E-state index in [1.54, 1.807) is 0 Å². The van der Waals surface area contributed by atoms with Crippen molar-refractivity contribution in [1.82, 2.24) is 0 Å². The third-order valence-corrected chi connectivity index (χ3v) is 13.8. The maximum absolute atomic E-state index is 6.50. The Labute approximate surface area is 343 Å². The van der Waals surface area contributed by atoms with Crippen LogP contribution in [0.5, 0.6) is 0 Å². The first-order valence-corrected chi connectivity index (χ1v) is 21.2. The Morgan fingerprint density at radius 3 is 1.66 bits per heavy atom. The molecule has 12 aromatic rings. The molecule has 272 valence electrons. The number of rotatable bonds is 6. The van der Waals surface area contributed by atoms with Crippen LogP contribution < -0.4 is 4.90 Å². The first-order valence-electron chi connectivity index (χ1n) is 19.6. The maximum Gasteiger partial charge on any atom is 0.143 e. The van der Waals surface area contributed by atoms with Gasteiger partial charge in [-0.05, 0) is 82.4 Å². The summed E-state index contributed by atoms with van der Waals surface area (Å²) in [6, 6.07) is 72.6. The Morgan fingerprint density at radius 2 is 0.897 bits per heavy atom. The highest BCUT2D eigenvalue weighted by molar-refractivity contribution is 7.26. The third kappa shape index (κ3) is 5.37. The molecule has 0 saturated carbocycles. The van der Waals surface area contributed by atoms with Crippen LogP contribution in [-0.4, -0.2) is 0 Å². The second kappa shape index (κ2) is 13.3. The summed E-state index contributed by atoms with van der Waals surface area (Å²) in [6.07, 6.45) is 0. The quantitative estimate of drug-likeness (QED) is 0.167. The van der Waals surface area contributed by atoms with Gasteiger partial charge in [-0.3, -0.25) is 0 Å². The van der Waals surface area contributed by atoms with E-state index in [-0.39, 0.29) is 0 Å². The lowest BCUT2D eigenvalue weighted by Crippen LogP contribution is -2.09. The summed E-state index contributed by atoms with van der Waals surface area (Å²) in [4.78, 5) is 2.41. The van der Waals surface area contributed by atoms with E-state index >= 15 is 0 Å². The first-order chi connectivity index (χ1) is 28.7. The number of thiophene rings is 2. The SMILES string of the molecule is c1ccc(-c2cccc3c2oc2ccc(-c4ccc(N(c5ccc6c(c5)sc5ccccc56)c5ccc6c(c5)sc5c(-c7ccccc7)cccc56)cc4)cc23)cc1. The molecule has 0 fully saturated rings. The lowest BCUT2D eigenvalue weighted by Gasteiger charge is -2.26. The van der Waals surface area contributed by atoms with Crippen LogP contribution in [0.1, 0.15) is 0 Å². The van der Waals surface area contributed by atoms with E-state index in [0.717, 1.165) is 61.3 Å². The van der Waals surface area contributed by atoms with Gasteiger partial charge in [-0.1, -0.05) is 146 Å². The van der Waals surface area contributed by atoms with E-state index in [1.165, 1.54) is 51.5 Å².